The van der Waals surface area contributed by atoms with Gasteiger partial charge in [-0.05, 0) is 31.5 Å². The molecule has 10 atom stereocenters. The molecule has 0 aromatic heterocycles. The van der Waals surface area contributed by atoms with Crippen molar-refractivity contribution in [2.24, 2.45) is 0 Å². The maximum absolute atomic E-state index is 10.4. The van der Waals surface area contributed by atoms with Crippen molar-refractivity contribution in [1.29, 1.82) is 0 Å². The first-order valence-electron chi connectivity index (χ1n) is 10.7. The minimum atomic E-state index is -1.62. The number of ether oxygens (including phenoxy) is 5. The second-order valence-electron chi connectivity index (χ2n) is 8.06. The maximum atomic E-state index is 10.4. The zero-order valence-electron chi connectivity index (χ0n) is 18.6. The average Bonchev–Trinajstić information content (AvgIpc) is 2.81. The second-order valence-corrected chi connectivity index (χ2v) is 8.06. The van der Waals surface area contributed by atoms with Crippen LogP contribution in [0.15, 0.2) is 24.3 Å². The molecule has 0 radical (unpaired) electrons. The van der Waals surface area contributed by atoms with E-state index in [2.05, 4.69) is 0 Å². The standard InChI is InChI=1S/C22H32O11/c1-4-5-11-6-7-12(13(8-11)29-3)32-22-20(28)18(26)16(24)14(33-22)9-30-21-19(27)17(25)15(23)10(2)31-21/h4-8,10,14-28H,9H2,1-3H3/b5-4+/t10-,14+,15-,16+,17+,18-,19+,20+,21+,22+/m0/s1. The summed E-state index contributed by atoms with van der Waals surface area (Å²) in [5.41, 5.74) is 0.862. The molecule has 2 aliphatic rings. The number of allylic oxidation sites excluding steroid dienone is 1. The van der Waals surface area contributed by atoms with Gasteiger partial charge in [0.25, 0.3) is 0 Å². The van der Waals surface area contributed by atoms with Gasteiger partial charge in [0, 0.05) is 0 Å². The van der Waals surface area contributed by atoms with E-state index in [1.54, 1.807) is 18.2 Å². The molecule has 11 nitrogen and oxygen atoms in total. The molecule has 0 amide bonds. The first-order chi connectivity index (χ1) is 15.7. The van der Waals surface area contributed by atoms with E-state index in [0.717, 1.165) is 5.56 Å². The predicted octanol–water partition coefficient (Wildman–Crippen LogP) is -1.24. The quantitative estimate of drug-likeness (QED) is 0.281. The zero-order chi connectivity index (χ0) is 24.3. The molecule has 0 saturated carbocycles. The minimum Gasteiger partial charge on any atom is -0.493 e. The van der Waals surface area contributed by atoms with Crippen molar-refractivity contribution < 1.29 is 54.3 Å². The predicted molar refractivity (Wildman–Crippen MR) is 113 cm³/mol. The highest BCUT2D eigenvalue weighted by Crippen LogP contribution is 2.32. The van der Waals surface area contributed by atoms with Gasteiger partial charge in [-0.3, -0.25) is 0 Å². The Balaban J connectivity index is 1.69. The minimum absolute atomic E-state index is 0.245. The topological polar surface area (TPSA) is 168 Å². The summed E-state index contributed by atoms with van der Waals surface area (Å²) in [5, 5.41) is 60.8. The average molecular weight is 472 g/mol. The molecular formula is C22H32O11. The van der Waals surface area contributed by atoms with Crippen molar-refractivity contribution in [3.05, 3.63) is 29.8 Å². The van der Waals surface area contributed by atoms with Gasteiger partial charge in [-0.25, -0.2) is 0 Å². The van der Waals surface area contributed by atoms with E-state index in [9.17, 15) is 30.6 Å². The Labute approximate surface area is 191 Å². The van der Waals surface area contributed by atoms with E-state index >= 15 is 0 Å². The van der Waals surface area contributed by atoms with Crippen LogP contribution in [0, 0.1) is 0 Å². The van der Waals surface area contributed by atoms with Crippen LogP contribution in [0.4, 0.5) is 0 Å². The monoisotopic (exact) mass is 472 g/mol. The van der Waals surface area contributed by atoms with Crippen LogP contribution in [0.25, 0.3) is 6.08 Å². The van der Waals surface area contributed by atoms with Gasteiger partial charge < -0.3 is 54.3 Å². The number of hydrogen-bond acceptors (Lipinski definition) is 11. The molecule has 3 rings (SSSR count). The van der Waals surface area contributed by atoms with Crippen molar-refractivity contribution >= 4 is 6.08 Å². The van der Waals surface area contributed by atoms with Crippen molar-refractivity contribution in [3.8, 4) is 11.5 Å². The third-order valence-corrected chi connectivity index (χ3v) is 5.69. The fourth-order valence-electron chi connectivity index (χ4n) is 3.70. The molecule has 11 heteroatoms. The van der Waals surface area contributed by atoms with E-state index in [1.165, 1.54) is 14.0 Å². The van der Waals surface area contributed by atoms with Gasteiger partial charge in [-0.2, -0.15) is 0 Å². The van der Waals surface area contributed by atoms with Crippen LogP contribution in [0.2, 0.25) is 0 Å². The summed E-state index contributed by atoms with van der Waals surface area (Å²) in [7, 11) is 1.46. The highest BCUT2D eigenvalue weighted by atomic mass is 16.7. The van der Waals surface area contributed by atoms with Crippen LogP contribution in [-0.4, -0.2) is 106 Å². The second kappa shape index (κ2) is 11.1. The molecule has 186 valence electrons. The first kappa shape index (κ1) is 25.8. The Hall–Kier alpha value is -1.80. The molecule has 6 N–H and O–H groups in total. The Morgan fingerprint density at radius 1 is 0.848 bits per heavy atom. The van der Waals surface area contributed by atoms with Crippen LogP contribution in [-0.2, 0) is 14.2 Å². The maximum Gasteiger partial charge on any atom is 0.229 e. The molecule has 2 heterocycles. The summed E-state index contributed by atoms with van der Waals surface area (Å²) < 4.78 is 27.5. The molecule has 1 aromatic carbocycles. The highest BCUT2D eigenvalue weighted by Gasteiger charge is 2.47. The third-order valence-electron chi connectivity index (χ3n) is 5.69. The van der Waals surface area contributed by atoms with E-state index in [0.29, 0.717) is 5.75 Å². The van der Waals surface area contributed by atoms with Crippen molar-refractivity contribution in [3.63, 3.8) is 0 Å². The van der Waals surface area contributed by atoms with E-state index < -0.39 is 61.4 Å². The summed E-state index contributed by atoms with van der Waals surface area (Å²) >= 11 is 0. The summed E-state index contributed by atoms with van der Waals surface area (Å²) in [4.78, 5) is 0. The Morgan fingerprint density at radius 3 is 2.18 bits per heavy atom. The Kier molecular flexibility index (Phi) is 8.67. The summed E-state index contributed by atoms with van der Waals surface area (Å²) in [5.74, 6) is 0.616. The fourth-order valence-corrected chi connectivity index (χ4v) is 3.70. The van der Waals surface area contributed by atoms with Crippen LogP contribution >= 0.6 is 0 Å². The lowest BCUT2D eigenvalue weighted by Crippen LogP contribution is -2.61. The molecule has 2 saturated heterocycles. The largest absolute Gasteiger partial charge is 0.493 e. The summed E-state index contributed by atoms with van der Waals surface area (Å²) in [6.07, 6.45) is -9.99. The van der Waals surface area contributed by atoms with Gasteiger partial charge in [-0.15, -0.1) is 0 Å². The Morgan fingerprint density at radius 2 is 1.52 bits per heavy atom. The first-order valence-corrected chi connectivity index (χ1v) is 10.7. The number of hydrogen-bond donors (Lipinski definition) is 6. The number of aliphatic hydroxyl groups is 6. The number of benzene rings is 1. The fraction of sp³-hybridized carbons (Fsp3) is 0.636. The van der Waals surface area contributed by atoms with Crippen molar-refractivity contribution in [2.75, 3.05) is 13.7 Å². The molecular weight excluding hydrogens is 440 g/mol. The number of methoxy groups -OCH3 is 1. The normalized spacial score (nSPS) is 39.5. The molecule has 1 aromatic rings. The molecule has 2 fully saturated rings. The summed E-state index contributed by atoms with van der Waals surface area (Å²) in [6.45, 7) is 3.00. The molecule has 2 aliphatic heterocycles. The molecule has 0 spiro atoms. The molecule has 33 heavy (non-hydrogen) atoms. The summed E-state index contributed by atoms with van der Waals surface area (Å²) in [6, 6.07) is 5.11. The third kappa shape index (κ3) is 5.65. The van der Waals surface area contributed by atoms with Crippen molar-refractivity contribution in [1.82, 2.24) is 0 Å². The van der Waals surface area contributed by atoms with Gasteiger partial charge >= 0.3 is 0 Å². The highest BCUT2D eigenvalue weighted by molar-refractivity contribution is 5.55. The smallest absolute Gasteiger partial charge is 0.229 e. The van der Waals surface area contributed by atoms with E-state index in [1.807, 2.05) is 19.1 Å². The van der Waals surface area contributed by atoms with Gasteiger partial charge in [0.1, 0.15) is 42.7 Å². The lowest BCUT2D eigenvalue weighted by Gasteiger charge is -2.42. The van der Waals surface area contributed by atoms with Gasteiger partial charge in [0.2, 0.25) is 6.29 Å². The van der Waals surface area contributed by atoms with Crippen LogP contribution in [0.3, 0.4) is 0 Å². The van der Waals surface area contributed by atoms with Gasteiger partial charge in [-0.1, -0.05) is 18.2 Å². The van der Waals surface area contributed by atoms with Crippen molar-refractivity contribution in [2.45, 2.75) is 75.3 Å². The Bertz CT molecular complexity index is 803. The lowest BCUT2D eigenvalue weighted by atomic mass is 9.98. The number of rotatable bonds is 7. The van der Waals surface area contributed by atoms with Gasteiger partial charge in [0.05, 0.1) is 19.8 Å². The number of aliphatic hydroxyl groups excluding tert-OH is 6. The van der Waals surface area contributed by atoms with E-state index in [-0.39, 0.29) is 12.4 Å². The van der Waals surface area contributed by atoms with E-state index in [4.69, 9.17) is 23.7 Å². The van der Waals surface area contributed by atoms with Gasteiger partial charge in [0.15, 0.2) is 17.8 Å². The SMILES string of the molecule is C/C=C/c1ccc(O[C@@H]2O[C@H](CO[C@@H]3O[C@@H](C)[C@H](O)[C@@H](O)[C@H]3O)[C@@H](O)[C@H](O)[C@H]2O)c(OC)c1. The molecule has 0 bridgehead atoms. The lowest BCUT2D eigenvalue weighted by molar-refractivity contribution is -0.318. The van der Waals surface area contributed by atoms with Crippen LogP contribution in [0.5, 0.6) is 11.5 Å². The zero-order valence-corrected chi connectivity index (χ0v) is 18.6. The molecule has 0 aliphatic carbocycles. The van der Waals surface area contributed by atoms with Crippen LogP contribution < -0.4 is 9.47 Å². The van der Waals surface area contributed by atoms with Crippen LogP contribution in [0.1, 0.15) is 19.4 Å². The molecule has 0 unspecified atom stereocenters.